The molecule has 0 saturated heterocycles. The van der Waals surface area contributed by atoms with Crippen LogP contribution in [0.5, 0.6) is 0 Å². The van der Waals surface area contributed by atoms with Crippen LogP contribution in [-0.4, -0.2) is 23.7 Å². The van der Waals surface area contributed by atoms with Gasteiger partial charge in [-0.15, -0.1) is 0 Å². The lowest BCUT2D eigenvalue weighted by atomic mass is 10.1. The summed E-state index contributed by atoms with van der Waals surface area (Å²) in [6, 6.07) is 12.8. The number of hydrogen-bond donors (Lipinski definition) is 1. The van der Waals surface area contributed by atoms with Crippen LogP contribution < -0.4 is 4.72 Å². The van der Waals surface area contributed by atoms with Gasteiger partial charge in [0.25, 0.3) is 10.0 Å². The Morgan fingerprint density at radius 1 is 1.15 bits per heavy atom. The fraction of sp³-hybridized carbons (Fsp3) is 0.211. The predicted octanol–water partition coefficient (Wildman–Crippen LogP) is 4.07. The molecule has 0 aliphatic carbocycles. The molecule has 0 radical (unpaired) electrons. The fourth-order valence-corrected chi connectivity index (χ4v) is 5.32. The lowest BCUT2D eigenvalue weighted by molar-refractivity contribution is 0.600. The summed E-state index contributed by atoms with van der Waals surface area (Å²) in [5, 5.41) is 1.02. The number of anilines is 1. The average Bonchev–Trinajstić information content (AvgIpc) is 3.18. The molecule has 0 fully saturated rings. The summed E-state index contributed by atoms with van der Waals surface area (Å²) < 4.78 is 30.4. The third kappa shape index (κ3) is 3.24. The number of fused-ring (bicyclic) bond motifs is 1. The van der Waals surface area contributed by atoms with Gasteiger partial charge in [0.1, 0.15) is 0 Å². The first-order chi connectivity index (χ1) is 12.4. The molecule has 4 rings (SSSR count). The predicted molar refractivity (Wildman–Crippen MR) is 105 cm³/mol. The molecule has 26 heavy (non-hydrogen) atoms. The monoisotopic (exact) mass is 385 g/mol. The number of nitrogens with one attached hydrogen (secondary N) is 1. The van der Waals surface area contributed by atoms with E-state index in [0.29, 0.717) is 10.6 Å². The number of aryl methyl sites for hydroxylation is 3. The van der Waals surface area contributed by atoms with Crippen LogP contribution >= 0.6 is 11.8 Å². The van der Waals surface area contributed by atoms with Crippen LogP contribution in [0.1, 0.15) is 11.1 Å². The molecule has 1 aliphatic rings. The van der Waals surface area contributed by atoms with Crippen LogP contribution in [0.25, 0.3) is 11.3 Å². The van der Waals surface area contributed by atoms with E-state index >= 15 is 0 Å². The molecule has 0 amide bonds. The Hall–Kier alpha value is -2.25. The SMILES string of the molecule is Cc1ccc(C)c(S(=O)(=O)Nc2cccc(-c3cn4c(n3)SCC4)c2)c1. The smallest absolute Gasteiger partial charge is 0.262 e. The standard InChI is InChI=1S/C19H19N3O2S2/c1-13-6-7-14(2)18(10-13)26(23,24)21-16-5-3-4-15(11-16)17-12-22-8-9-25-19(22)20-17/h3-7,10-12,21H,8-9H2,1-2H3. The van der Waals surface area contributed by atoms with Crippen LogP contribution in [0.2, 0.25) is 0 Å². The molecule has 2 heterocycles. The summed E-state index contributed by atoms with van der Waals surface area (Å²) in [5.74, 6) is 1.05. The number of benzene rings is 2. The van der Waals surface area contributed by atoms with E-state index in [4.69, 9.17) is 0 Å². The Kier molecular flexibility index (Phi) is 4.28. The maximum Gasteiger partial charge on any atom is 0.262 e. The first-order valence-electron chi connectivity index (χ1n) is 8.33. The lowest BCUT2D eigenvalue weighted by Gasteiger charge is -2.12. The summed E-state index contributed by atoms with van der Waals surface area (Å²) in [4.78, 5) is 4.94. The molecular formula is C19H19N3O2S2. The zero-order valence-electron chi connectivity index (χ0n) is 14.6. The van der Waals surface area contributed by atoms with Gasteiger partial charge in [-0.1, -0.05) is 36.0 Å². The number of hydrogen-bond acceptors (Lipinski definition) is 4. The second-order valence-electron chi connectivity index (χ2n) is 6.41. The zero-order valence-corrected chi connectivity index (χ0v) is 16.2. The van der Waals surface area contributed by atoms with Crippen molar-refractivity contribution in [2.24, 2.45) is 0 Å². The van der Waals surface area contributed by atoms with Crippen molar-refractivity contribution in [3.63, 3.8) is 0 Å². The van der Waals surface area contributed by atoms with E-state index in [9.17, 15) is 8.42 Å². The number of nitrogens with zero attached hydrogens (tertiary/aromatic N) is 2. The van der Waals surface area contributed by atoms with Gasteiger partial charge in [-0.2, -0.15) is 0 Å². The van der Waals surface area contributed by atoms with Crippen molar-refractivity contribution >= 4 is 27.5 Å². The summed E-state index contributed by atoms with van der Waals surface area (Å²) >= 11 is 1.74. The Labute approximate surface area is 157 Å². The highest BCUT2D eigenvalue weighted by Crippen LogP contribution is 2.30. The minimum absolute atomic E-state index is 0.306. The van der Waals surface area contributed by atoms with Gasteiger partial charge in [-0.05, 0) is 43.2 Å². The van der Waals surface area contributed by atoms with E-state index in [1.54, 1.807) is 30.8 Å². The molecule has 134 valence electrons. The van der Waals surface area contributed by atoms with Crippen molar-refractivity contribution in [3.8, 4) is 11.3 Å². The molecule has 2 aromatic carbocycles. The number of imidazole rings is 1. The quantitative estimate of drug-likeness (QED) is 0.735. The molecule has 1 aliphatic heterocycles. The van der Waals surface area contributed by atoms with Crippen molar-refractivity contribution in [2.75, 3.05) is 10.5 Å². The number of aromatic nitrogens is 2. The van der Waals surface area contributed by atoms with E-state index in [1.165, 1.54) is 0 Å². The summed E-state index contributed by atoms with van der Waals surface area (Å²) in [6.45, 7) is 4.65. The molecule has 0 spiro atoms. The summed E-state index contributed by atoms with van der Waals surface area (Å²) in [5.41, 5.74) is 3.93. The topological polar surface area (TPSA) is 64.0 Å². The molecule has 3 aromatic rings. The fourth-order valence-electron chi connectivity index (χ4n) is 3.00. The molecule has 0 bridgehead atoms. The van der Waals surface area contributed by atoms with Crippen LogP contribution in [0.15, 0.2) is 58.7 Å². The number of rotatable bonds is 4. The molecule has 0 atom stereocenters. The molecule has 0 unspecified atom stereocenters. The summed E-state index contributed by atoms with van der Waals surface area (Å²) in [7, 11) is -3.64. The van der Waals surface area contributed by atoms with E-state index in [0.717, 1.165) is 39.8 Å². The molecule has 7 heteroatoms. The van der Waals surface area contributed by atoms with Crippen molar-refractivity contribution < 1.29 is 8.42 Å². The molecular weight excluding hydrogens is 366 g/mol. The van der Waals surface area contributed by atoms with Gasteiger partial charge in [0, 0.05) is 29.7 Å². The van der Waals surface area contributed by atoms with E-state index in [1.807, 2.05) is 43.5 Å². The van der Waals surface area contributed by atoms with Crippen LogP contribution in [0, 0.1) is 13.8 Å². The van der Waals surface area contributed by atoms with Gasteiger partial charge in [0.15, 0.2) is 5.16 Å². The van der Waals surface area contributed by atoms with Gasteiger partial charge in [-0.25, -0.2) is 13.4 Å². The van der Waals surface area contributed by atoms with Crippen molar-refractivity contribution in [3.05, 3.63) is 59.8 Å². The average molecular weight is 386 g/mol. The lowest BCUT2D eigenvalue weighted by Crippen LogP contribution is -2.14. The maximum atomic E-state index is 12.8. The van der Waals surface area contributed by atoms with Gasteiger partial charge < -0.3 is 4.57 Å². The van der Waals surface area contributed by atoms with Crippen LogP contribution in [-0.2, 0) is 16.6 Å². The van der Waals surface area contributed by atoms with Crippen molar-refractivity contribution in [1.82, 2.24) is 9.55 Å². The van der Waals surface area contributed by atoms with Gasteiger partial charge in [0.2, 0.25) is 0 Å². The molecule has 1 N–H and O–H groups in total. The second kappa shape index (κ2) is 6.48. The minimum Gasteiger partial charge on any atom is -0.325 e. The minimum atomic E-state index is -3.64. The highest BCUT2D eigenvalue weighted by Gasteiger charge is 2.19. The van der Waals surface area contributed by atoms with Crippen molar-refractivity contribution in [1.29, 1.82) is 0 Å². The van der Waals surface area contributed by atoms with E-state index < -0.39 is 10.0 Å². The van der Waals surface area contributed by atoms with E-state index in [-0.39, 0.29) is 0 Å². The number of thioether (sulfide) groups is 1. The Morgan fingerprint density at radius 2 is 2.00 bits per heavy atom. The largest absolute Gasteiger partial charge is 0.325 e. The highest BCUT2D eigenvalue weighted by molar-refractivity contribution is 7.99. The van der Waals surface area contributed by atoms with Crippen LogP contribution in [0.3, 0.4) is 0 Å². The normalized spacial score (nSPS) is 13.6. The zero-order chi connectivity index (χ0) is 18.3. The van der Waals surface area contributed by atoms with Gasteiger partial charge in [0.05, 0.1) is 10.6 Å². The van der Waals surface area contributed by atoms with E-state index in [2.05, 4.69) is 14.3 Å². The summed E-state index contributed by atoms with van der Waals surface area (Å²) in [6.07, 6.45) is 2.02. The van der Waals surface area contributed by atoms with Crippen molar-refractivity contribution in [2.45, 2.75) is 30.4 Å². The molecule has 1 aromatic heterocycles. The third-order valence-corrected chi connectivity index (χ3v) is 6.84. The third-order valence-electron chi connectivity index (χ3n) is 4.35. The highest BCUT2D eigenvalue weighted by atomic mass is 32.2. The molecule has 5 nitrogen and oxygen atoms in total. The number of sulfonamides is 1. The first kappa shape index (κ1) is 17.2. The van der Waals surface area contributed by atoms with Gasteiger partial charge >= 0.3 is 0 Å². The Balaban J connectivity index is 1.65. The maximum absolute atomic E-state index is 12.8. The van der Waals surface area contributed by atoms with Gasteiger partial charge in [-0.3, -0.25) is 4.72 Å². The Morgan fingerprint density at radius 3 is 2.81 bits per heavy atom. The Bertz CT molecular complexity index is 1070. The van der Waals surface area contributed by atoms with Crippen LogP contribution in [0.4, 0.5) is 5.69 Å². The first-order valence-corrected chi connectivity index (χ1v) is 10.8. The second-order valence-corrected chi connectivity index (χ2v) is 9.12. The molecule has 0 saturated carbocycles.